The van der Waals surface area contributed by atoms with Gasteiger partial charge in [0.05, 0.1) is 7.11 Å². The number of rotatable bonds is 1. The van der Waals surface area contributed by atoms with E-state index in [1.54, 1.807) is 18.3 Å². The van der Waals surface area contributed by atoms with Crippen molar-refractivity contribution in [2.75, 3.05) is 7.11 Å². The van der Waals surface area contributed by atoms with E-state index in [-0.39, 0.29) is 11.3 Å². The minimum absolute atomic E-state index is 0.00909. The quantitative estimate of drug-likeness (QED) is 0.739. The normalized spacial score (nSPS) is 10.4. The van der Waals surface area contributed by atoms with Gasteiger partial charge in [-0.2, -0.15) is 0 Å². The molecular weight excluding hydrogens is 276 g/mol. The highest BCUT2D eigenvalue weighted by Crippen LogP contribution is 2.09. The number of esters is 1. The molecule has 0 aliphatic carbocycles. The maximum absolute atomic E-state index is 11.7. The van der Waals surface area contributed by atoms with Crippen molar-refractivity contribution in [1.29, 1.82) is 0 Å². The third-order valence-corrected chi connectivity index (χ3v) is 2.49. The zero-order chi connectivity index (χ0) is 11.7. The van der Waals surface area contributed by atoms with Crippen LogP contribution in [0.5, 0.6) is 0 Å². The van der Waals surface area contributed by atoms with Crippen molar-refractivity contribution in [2.24, 2.45) is 0 Å². The fraction of sp³-hybridized carbons (Fsp3) is 0.100. The second-order valence-electron chi connectivity index (χ2n) is 3.05. The first-order chi connectivity index (χ1) is 7.61. The third kappa shape index (κ3) is 1.83. The van der Waals surface area contributed by atoms with E-state index in [2.05, 4.69) is 25.7 Å². The molecule has 0 spiro atoms. The predicted molar refractivity (Wildman–Crippen MR) is 60.5 cm³/mol. The van der Waals surface area contributed by atoms with Crippen LogP contribution < -0.4 is 5.56 Å². The summed E-state index contributed by atoms with van der Waals surface area (Å²) in [7, 11) is 1.24. The maximum Gasteiger partial charge on any atom is 0.356 e. The van der Waals surface area contributed by atoms with Crippen LogP contribution in [0.3, 0.4) is 0 Å². The van der Waals surface area contributed by atoms with Crippen LogP contribution in [-0.4, -0.2) is 22.5 Å². The molecular formula is C10H7BrN2O3. The molecule has 0 aromatic carbocycles. The molecule has 0 amide bonds. The second kappa shape index (κ2) is 4.05. The van der Waals surface area contributed by atoms with Gasteiger partial charge in [0, 0.05) is 16.7 Å². The summed E-state index contributed by atoms with van der Waals surface area (Å²) in [5.74, 6) is -0.623. The zero-order valence-electron chi connectivity index (χ0n) is 8.31. The van der Waals surface area contributed by atoms with Crippen molar-refractivity contribution in [3.8, 4) is 0 Å². The van der Waals surface area contributed by atoms with Crippen LogP contribution in [0.15, 0.2) is 33.7 Å². The molecule has 0 aliphatic heterocycles. The average molecular weight is 283 g/mol. The molecule has 16 heavy (non-hydrogen) atoms. The van der Waals surface area contributed by atoms with E-state index in [1.807, 2.05) is 0 Å². The zero-order valence-corrected chi connectivity index (χ0v) is 9.89. The molecule has 2 aromatic rings. The van der Waals surface area contributed by atoms with Crippen LogP contribution >= 0.6 is 15.9 Å². The number of hydrogen-bond donors (Lipinski definition) is 0. The molecule has 0 saturated carbocycles. The van der Waals surface area contributed by atoms with E-state index in [0.29, 0.717) is 5.65 Å². The SMILES string of the molecule is COC(=O)c1cc(=O)n2cc(Br)ccc2n1. The van der Waals surface area contributed by atoms with Gasteiger partial charge in [-0.25, -0.2) is 9.78 Å². The molecule has 82 valence electrons. The van der Waals surface area contributed by atoms with Gasteiger partial charge >= 0.3 is 5.97 Å². The van der Waals surface area contributed by atoms with Crippen LogP contribution in [0.4, 0.5) is 0 Å². The number of pyridine rings is 1. The Labute approximate surface area is 98.8 Å². The number of halogens is 1. The van der Waals surface area contributed by atoms with Gasteiger partial charge < -0.3 is 4.74 Å². The lowest BCUT2D eigenvalue weighted by molar-refractivity contribution is 0.0594. The Bertz CT molecular complexity index is 621. The van der Waals surface area contributed by atoms with Gasteiger partial charge in [-0.05, 0) is 28.1 Å². The minimum Gasteiger partial charge on any atom is -0.464 e. The smallest absolute Gasteiger partial charge is 0.356 e. The summed E-state index contributed by atoms with van der Waals surface area (Å²) in [4.78, 5) is 26.9. The first-order valence-corrected chi connectivity index (χ1v) is 5.18. The van der Waals surface area contributed by atoms with E-state index < -0.39 is 5.97 Å². The van der Waals surface area contributed by atoms with Crippen LogP contribution in [0, 0.1) is 0 Å². The Morgan fingerprint density at radius 1 is 1.50 bits per heavy atom. The van der Waals surface area contributed by atoms with E-state index in [0.717, 1.165) is 10.5 Å². The van der Waals surface area contributed by atoms with E-state index in [1.165, 1.54) is 11.5 Å². The fourth-order valence-corrected chi connectivity index (χ4v) is 1.62. The number of ether oxygens (including phenoxy) is 1. The van der Waals surface area contributed by atoms with Crippen molar-refractivity contribution in [2.45, 2.75) is 0 Å². The lowest BCUT2D eigenvalue weighted by Gasteiger charge is -2.02. The fourth-order valence-electron chi connectivity index (χ4n) is 1.29. The average Bonchev–Trinajstić information content (AvgIpc) is 2.28. The Kier molecular flexibility index (Phi) is 2.74. The summed E-state index contributed by atoms with van der Waals surface area (Å²) >= 11 is 3.25. The van der Waals surface area contributed by atoms with Gasteiger partial charge in [0.15, 0.2) is 5.69 Å². The summed E-state index contributed by atoms with van der Waals surface area (Å²) in [6, 6.07) is 4.52. The van der Waals surface area contributed by atoms with Crippen LogP contribution in [0.25, 0.3) is 5.65 Å². The summed E-state index contributed by atoms with van der Waals surface area (Å²) in [5, 5.41) is 0. The molecule has 5 nitrogen and oxygen atoms in total. The molecule has 0 saturated heterocycles. The Morgan fingerprint density at radius 2 is 2.25 bits per heavy atom. The van der Waals surface area contributed by atoms with Crippen LogP contribution in [-0.2, 0) is 4.74 Å². The first-order valence-electron chi connectivity index (χ1n) is 4.39. The van der Waals surface area contributed by atoms with Crippen molar-refractivity contribution < 1.29 is 9.53 Å². The highest BCUT2D eigenvalue weighted by Gasteiger charge is 2.10. The number of carbonyl (C=O) groups is 1. The van der Waals surface area contributed by atoms with Crippen molar-refractivity contribution in [3.05, 3.63) is 44.9 Å². The molecule has 0 fully saturated rings. The van der Waals surface area contributed by atoms with Gasteiger partial charge in [0.1, 0.15) is 5.65 Å². The molecule has 0 radical (unpaired) electrons. The highest BCUT2D eigenvalue weighted by molar-refractivity contribution is 9.10. The van der Waals surface area contributed by atoms with Crippen molar-refractivity contribution in [3.63, 3.8) is 0 Å². The molecule has 0 aliphatic rings. The number of hydrogen-bond acceptors (Lipinski definition) is 4. The number of aromatic nitrogens is 2. The van der Waals surface area contributed by atoms with Crippen LogP contribution in [0.1, 0.15) is 10.5 Å². The molecule has 0 atom stereocenters. The van der Waals surface area contributed by atoms with Gasteiger partial charge in [-0.1, -0.05) is 0 Å². The minimum atomic E-state index is -0.623. The lowest BCUT2D eigenvalue weighted by Crippen LogP contribution is -2.18. The van der Waals surface area contributed by atoms with Crippen LogP contribution in [0.2, 0.25) is 0 Å². The van der Waals surface area contributed by atoms with Gasteiger partial charge in [0.25, 0.3) is 5.56 Å². The van der Waals surface area contributed by atoms with Gasteiger partial charge in [-0.3, -0.25) is 9.20 Å². The summed E-state index contributed by atoms with van der Waals surface area (Å²) in [5.41, 5.74) is 0.0811. The van der Waals surface area contributed by atoms with E-state index in [4.69, 9.17) is 0 Å². The number of fused-ring (bicyclic) bond motifs is 1. The predicted octanol–water partition coefficient (Wildman–Crippen LogP) is 1.24. The molecule has 0 unspecified atom stereocenters. The molecule has 2 rings (SSSR count). The summed E-state index contributed by atoms with van der Waals surface area (Å²) in [6.07, 6.45) is 1.59. The molecule has 2 aromatic heterocycles. The Hall–Kier alpha value is -1.69. The molecule has 0 bridgehead atoms. The summed E-state index contributed by atoms with van der Waals surface area (Å²) < 4.78 is 6.61. The van der Waals surface area contributed by atoms with E-state index in [9.17, 15) is 9.59 Å². The Balaban J connectivity index is 2.73. The number of methoxy groups -OCH3 is 1. The first kappa shape index (κ1) is 10.8. The third-order valence-electron chi connectivity index (χ3n) is 2.02. The summed E-state index contributed by atoms with van der Waals surface area (Å²) in [6.45, 7) is 0. The topological polar surface area (TPSA) is 60.7 Å². The molecule has 2 heterocycles. The molecule has 0 N–H and O–H groups in total. The Morgan fingerprint density at radius 3 is 2.94 bits per heavy atom. The van der Waals surface area contributed by atoms with E-state index >= 15 is 0 Å². The standard InChI is InChI=1S/C10H7BrN2O3/c1-16-10(15)7-4-9(14)13-5-6(11)2-3-8(13)12-7/h2-5H,1H3. The monoisotopic (exact) mass is 282 g/mol. The van der Waals surface area contributed by atoms with Crippen molar-refractivity contribution in [1.82, 2.24) is 9.38 Å². The van der Waals surface area contributed by atoms with Crippen molar-refractivity contribution >= 4 is 27.5 Å². The van der Waals surface area contributed by atoms with Gasteiger partial charge in [0.2, 0.25) is 0 Å². The largest absolute Gasteiger partial charge is 0.464 e. The lowest BCUT2D eigenvalue weighted by atomic mass is 10.4. The van der Waals surface area contributed by atoms with Gasteiger partial charge in [-0.15, -0.1) is 0 Å². The number of nitrogens with zero attached hydrogens (tertiary/aromatic N) is 2. The maximum atomic E-state index is 11.7. The highest BCUT2D eigenvalue weighted by atomic mass is 79.9. The molecule has 6 heteroatoms. The number of carbonyl (C=O) groups excluding carboxylic acids is 1. The second-order valence-corrected chi connectivity index (χ2v) is 3.96.